The predicted molar refractivity (Wildman–Crippen MR) is 82.6 cm³/mol. The number of nitrogens with zero attached hydrogens (tertiary/aromatic N) is 1. The maximum Gasteiger partial charge on any atom is 0.288 e. The van der Waals surface area contributed by atoms with Crippen LogP contribution < -0.4 is 5.73 Å². The fraction of sp³-hybridized carbons (Fsp3) is 0.0714. The zero-order valence-electron chi connectivity index (χ0n) is 10.7. The zero-order chi connectivity index (χ0) is 15.0. The van der Waals surface area contributed by atoms with Crippen molar-refractivity contribution in [2.45, 2.75) is 11.0 Å². The summed E-state index contributed by atoms with van der Waals surface area (Å²) in [4.78, 5) is 4.14. The van der Waals surface area contributed by atoms with Gasteiger partial charge >= 0.3 is 0 Å². The number of nitrogen functional groups attached to an aromatic ring is 1. The monoisotopic (exact) mass is 368 g/mol. The molecule has 0 aliphatic heterocycles. The van der Waals surface area contributed by atoms with E-state index in [0.717, 1.165) is 4.47 Å². The van der Waals surface area contributed by atoms with Crippen molar-refractivity contribution in [2.75, 3.05) is 5.73 Å². The van der Waals surface area contributed by atoms with Gasteiger partial charge in [0.15, 0.2) is 5.58 Å². The molecule has 0 saturated carbocycles. The molecule has 0 fully saturated rings. The minimum atomic E-state index is -1.57. The number of rotatable bonds is 3. The Morgan fingerprint density at radius 3 is 2.90 bits per heavy atom. The summed E-state index contributed by atoms with van der Waals surface area (Å²) in [5.74, 6) is -0.417. The first-order valence-electron chi connectivity index (χ1n) is 6.01. The topological polar surface area (TPSA) is 69.1 Å². The molecule has 21 heavy (non-hydrogen) atoms. The number of hydrogen-bond acceptors (Lipinski definition) is 4. The highest BCUT2D eigenvalue weighted by molar-refractivity contribution is 9.10. The van der Waals surface area contributed by atoms with Crippen LogP contribution in [0.4, 0.5) is 10.1 Å². The molecule has 2 aromatic carbocycles. The molecular weight excluding hydrogens is 359 g/mol. The molecule has 0 amide bonds. The summed E-state index contributed by atoms with van der Waals surface area (Å²) in [5, 5.41) is 0.0648. The largest absolute Gasteiger partial charge is 0.430 e. The Kier molecular flexibility index (Phi) is 3.77. The molecule has 1 atom stereocenters. The highest BCUT2D eigenvalue weighted by atomic mass is 79.9. The van der Waals surface area contributed by atoms with Gasteiger partial charge in [-0.1, -0.05) is 15.9 Å². The van der Waals surface area contributed by atoms with Gasteiger partial charge in [0.2, 0.25) is 0 Å². The summed E-state index contributed by atoms with van der Waals surface area (Å²) in [7, 11) is -1.57. The van der Waals surface area contributed by atoms with Crippen LogP contribution in [-0.2, 0) is 16.6 Å². The van der Waals surface area contributed by atoms with Crippen LogP contribution in [0, 0.1) is 5.82 Å². The van der Waals surface area contributed by atoms with E-state index >= 15 is 0 Å². The Bertz CT molecular complexity index is 850. The highest BCUT2D eigenvalue weighted by Crippen LogP contribution is 2.23. The van der Waals surface area contributed by atoms with E-state index in [1.54, 1.807) is 30.3 Å². The Hall–Kier alpha value is -1.73. The molecule has 0 spiro atoms. The molecule has 0 bridgehead atoms. The van der Waals surface area contributed by atoms with E-state index in [9.17, 15) is 8.60 Å². The van der Waals surface area contributed by atoms with Gasteiger partial charge in [-0.05, 0) is 36.4 Å². The van der Waals surface area contributed by atoms with E-state index in [2.05, 4.69) is 20.9 Å². The summed E-state index contributed by atoms with van der Waals surface area (Å²) in [6, 6.07) is 9.48. The zero-order valence-corrected chi connectivity index (χ0v) is 13.1. The van der Waals surface area contributed by atoms with Crippen molar-refractivity contribution in [3.8, 4) is 0 Å². The number of nitrogens with two attached hydrogens (primary N) is 1. The summed E-state index contributed by atoms with van der Waals surface area (Å²) < 4.78 is 32.1. The third-order valence-corrected chi connectivity index (χ3v) is 4.51. The lowest BCUT2D eigenvalue weighted by atomic mass is 10.2. The standard InChI is InChI=1S/C14H10BrFN2O2S/c15-9-1-3-11(16)8(5-9)7-21(19)14-18-12-6-10(17)2-4-13(12)20-14/h1-6H,7,17H2. The van der Waals surface area contributed by atoms with Gasteiger partial charge in [0.25, 0.3) is 5.22 Å². The lowest BCUT2D eigenvalue weighted by molar-refractivity contribution is 0.477. The lowest BCUT2D eigenvalue weighted by Crippen LogP contribution is -1.99. The molecule has 1 aromatic heterocycles. The van der Waals surface area contributed by atoms with Gasteiger partial charge in [-0.15, -0.1) is 0 Å². The fourth-order valence-electron chi connectivity index (χ4n) is 1.88. The van der Waals surface area contributed by atoms with E-state index in [1.807, 2.05) is 0 Å². The van der Waals surface area contributed by atoms with Crippen molar-refractivity contribution in [1.29, 1.82) is 0 Å². The molecule has 4 nitrogen and oxygen atoms in total. The van der Waals surface area contributed by atoms with E-state index in [-0.39, 0.29) is 11.0 Å². The van der Waals surface area contributed by atoms with Crippen molar-refractivity contribution in [1.82, 2.24) is 4.98 Å². The van der Waals surface area contributed by atoms with Gasteiger partial charge < -0.3 is 10.2 Å². The van der Waals surface area contributed by atoms with Crippen LogP contribution in [0.5, 0.6) is 0 Å². The first-order valence-corrected chi connectivity index (χ1v) is 8.12. The predicted octanol–water partition coefficient (Wildman–Crippen LogP) is 3.62. The van der Waals surface area contributed by atoms with Crippen molar-refractivity contribution >= 4 is 43.5 Å². The van der Waals surface area contributed by atoms with Crippen molar-refractivity contribution in [3.05, 3.63) is 52.3 Å². The average molecular weight is 369 g/mol. The van der Waals surface area contributed by atoms with Crippen molar-refractivity contribution in [3.63, 3.8) is 0 Å². The minimum Gasteiger partial charge on any atom is -0.430 e. The number of anilines is 1. The number of hydrogen-bond donors (Lipinski definition) is 1. The third kappa shape index (κ3) is 2.98. The Morgan fingerprint density at radius 2 is 2.10 bits per heavy atom. The third-order valence-electron chi connectivity index (χ3n) is 2.88. The van der Waals surface area contributed by atoms with E-state index in [1.165, 1.54) is 6.07 Å². The number of fused-ring (bicyclic) bond motifs is 1. The molecule has 7 heteroatoms. The first kappa shape index (κ1) is 14.2. The summed E-state index contributed by atoms with van der Waals surface area (Å²) >= 11 is 3.26. The summed E-state index contributed by atoms with van der Waals surface area (Å²) in [6.45, 7) is 0. The van der Waals surface area contributed by atoms with Crippen molar-refractivity contribution < 1.29 is 13.0 Å². The second kappa shape index (κ2) is 5.57. The van der Waals surface area contributed by atoms with Gasteiger partial charge in [0, 0.05) is 15.7 Å². The molecular formula is C14H10BrFN2O2S. The minimum absolute atomic E-state index is 0.00637. The Balaban J connectivity index is 1.91. The van der Waals surface area contributed by atoms with Gasteiger partial charge in [0.1, 0.15) is 22.1 Å². The van der Waals surface area contributed by atoms with E-state index in [0.29, 0.717) is 22.4 Å². The van der Waals surface area contributed by atoms with Crippen LogP contribution >= 0.6 is 15.9 Å². The smallest absolute Gasteiger partial charge is 0.288 e. The van der Waals surface area contributed by atoms with Crippen LogP contribution in [0.25, 0.3) is 11.1 Å². The Labute approximate surface area is 130 Å². The molecule has 0 radical (unpaired) electrons. The molecule has 0 aliphatic carbocycles. The SMILES string of the molecule is Nc1ccc2oc(S(=O)Cc3cc(Br)ccc3F)nc2c1. The second-order valence-electron chi connectivity index (χ2n) is 4.43. The number of aromatic nitrogens is 1. The van der Waals surface area contributed by atoms with Crippen LogP contribution in [-0.4, -0.2) is 9.19 Å². The highest BCUT2D eigenvalue weighted by Gasteiger charge is 2.15. The Morgan fingerprint density at radius 1 is 1.29 bits per heavy atom. The molecule has 1 unspecified atom stereocenters. The van der Waals surface area contributed by atoms with Gasteiger partial charge in [0.05, 0.1) is 5.75 Å². The molecule has 0 aliphatic rings. The summed E-state index contributed by atoms with van der Waals surface area (Å²) in [5.41, 5.74) is 7.58. The van der Waals surface area contributed by atoms with Crippen LogP contribution in [0.3, 0.4) is 0 Å². The summed E-state index contributed by atoms with van der Waals surface area (Å²) in [6.07, 6.45) is 0. The van der Waals surface area contributed by atoms with Gasteiger partial charge in [-0.2, -0.15) is 0 Å². The molecule has 3 aromatic rings. The maximum atomic E-state index is 13.7. The molecule has 0 saturated heterocycles. The molecule has 1 heterocycles. The van der Waals surface area contributed by atoms with Crippen LogP contribution in [0.2, 0.25) is 0 Å². The normalized spacial score (nSPS) is 12.7. The van der Waals surface area contributed by atoms with Gasteiger partial charge in [-0.3, -0.25) is 0 Å². The van der Waals surface area contributed by atoms with Crippen molar-refractivity contribution in [2.24, 2.45) is 0 Å². The second-order valence-corrected chi connectivity index (χ2v) is 6.68. The van der Waals surface area contributed by atoms with Crippen LogP contribution in [0.15, 0.2) is 50.5 Å². The fourth-order valence-corrected chi connectivity index (χ4v) is 3.30. The maximum absolute atomic E-state index is 13.7. The number of halogens is 2. The quantitative estimate of drug-likeness (QED) is 0.716. The van der Waals surface area contributed by atoms with Gasteiger partial charge in [-0.25, -0.2) is 13.6 Å². The molecule has 2 N–H and O–H groups in total. The van der Waals surface area contributed by atoms with E-state index in [4.69, 9.17) is 10.2 Å². The molecule has 108 valence electrons. The molecule has 3 rings (SSSR count). The lowest BCUT2D eigenvalue weighted by Gasteiger charge is -2.01. The average Bonchev–Trinajstić information content (AvgIpc) is 2.86. The number of oxazole rings is 1. The first-order chi connectivity index (χ1) is 10.0. The number of benzene rings is 2. The van der Waals surface area contributed by atoms with E-state index < -0.39 is 16.6 Å². The van der Waals surface area contributed by atoms with Crippen LogP contribution in [0.1, 0.15) is 5.56 Å².